The fourth-order valence-electron chi connectivity index (χ4n) is 4.33. The van der Waals surface area contributed by atoms with Crippen molar-refractivity contribution in [1.82, 2.24) is 0 Å². The Labute approximate surface area is 116 Å². The van der Waals surface area contributed by atoms with E-state index in [0.717, 1.165) is 31.2 Å². The Balaban J connectivity index is 2.03. The van der Waals surface area contributed by atoms with E-state index in [0.29, 0.717) is 6.54 Å². The molecule has 0 aromatic heterocycles. The molecule has 0 radical (unpaired) electrons. The summed E-state index contributed by atoms with van der Waals surface area (Å²) in [4.78, 5) is 0. The van der Waals surface area contributed by atoms with Gasteiger partial charge in [0, 0.05) is 12.0 Å². The van der Waals surface area contributed by atoms with Crippen molar-refractivity contribution in [2.45, 2.75) is 57.0 Å². The van der Waals surface area contributed by atoms with Crippen LogP contribution in [0.2, 0.25) is 0 Å². The van der Waals surface area contributed by atoms with Gasteiger partial charge in [-0.25, -0.2) is 0 Å². The lowest BCUT2D eigenvalue weighted by atomic mass is 9.64. The first-order valence-electron chi connectivity index (χ1n) is 7.73. The molecule has 1 fully saturated rings. The van der Waals surface area contributed by atoms with Gasteiger partial charge in [0.15, 0.2) is 0 Å². The molecule has 0 spiro atoms. The highest BCUT2D eigenvalue weighted by molar-refractivity contribution is 5.39. The maximum atomic E-state index is 11.5. The maximum absolute atomic E-state index is 11.5. The molecule has 3 rings (SSSR count). The lowest BCUT2D eigenvalue weighted by Gasteiger charge is -2.45. The van der Waals surface area contributed by atoms with Gasteiger partial charge < -0.3 is 10.8 Å². The van der Waals surface area contributed by atoms with Crippen molar-refractivity contribution in [3.63, 3.8) is 0 Å². The molecule has 104 valence electrons. The highest BCUT2D eigenvalue weighted by Crippen LogP contribution is 2.54. The highest BCUT2D eigenvalue weighted by Gasteiger charge is 2.52. The van der Waals surface area contributed by atoms with Crippen molar-refractivity contribution in [2.24, 2.45) is 11.1 Å². The molecule has 2 aliphatic carbocycles. The quantitative estimate of drug-likeness (QED) is 0.802. The molecule has 0 saturated heterocycles. The number of rotatable bonds is 2. The molecule has 1 saturated carbocycles. The summed E-state index contributed by atoms with van der Waals surface area (Å²) in [6, 6.07) is 8.40. The molecule has 3 N–H and O–H groups in total. The number of nitrogens with two attached hydrogens (primary N) is 1. The maximum Gasteiger partial charge on any atom is 0.0970 e. The zero-order chi connectivity index (χ0) is 13.3. The number of hydrogen-bond donors (Lipinski definition) is 2. The molecule has 1 aromatic carbocycles. The van der Waals surface area contributed by atoms with Crippen LogP contribution < -0.4 is 5.73 Å². The first-order valence-corrected chi connectivity index (χ1v) is 7.73. The van der Waals surface area contributed by atoms with Crippen LogP contribution in [0.5, 0.6) is 0 Å². The minimum Gasteiger partial charge on any atom is -0.385 e. The average Bonchev–Trinajstić information content (AvgIpc) is 2.66. The second-order valence-electron chi connectivity index (χ2n) is 6.42. The molecule has 19 heavy (non-hydrogen) atoms. The van der Waals surface area contributed by atoms with E-state index in [9.17, 15) is 5.11 Å². The second kappa shape index (κ2) is 4.92. The molecule has 1 atom stereocenters. The van der Waals surface area contributed by atoms with Gasteiger partial charge in [-0.1, -0.05) is 49.9 Å². The predicted octanol–water partition coefficient (Wildman–Crippen LogP) is 3.12. The Hall–Kier alpha value is -0.860. The van der Waals surface area contributed by atoms with Crippen LogP contribution in [0, 0.1) is 5.41 Å². The van der Waals surface area contributed by atoms with Crippen molar-refractivity contribution < 1.29 is 5.11 Å². The Morgan fingerprint density at radius 1 is 1.00 bits per heavy atom. The van der Waals surface area contributed by atoms with Crippen molar-refractivity contribution >= 4 is 0 Å². The van der Waals surface area contributed by atoms with Gasteiger partial charge in [0.2, 0.25) is 0 Å². The van der Waals surface area contributed by atoms with Crippen LogP contribution in [0.3, 0.4) is 0 Å². The summed E-state index contributed by atoms with van der Waals surface area (Å²) < 4.78 is 0. The van der Waals surface area contributed by atoms with Crippen LogP contribution in [0.25, 0.3) is 0 Å². The third kappa shape index (κ3) is 1.93. The third-order valence-electron chi connectivity index (χ3n) is 5.55. The van der Waals surface area contributed by atoms with E-state index in [2.05, 4.69) is 24.3 Å². The zero-order valence-corrected chi connectivity index (χ0v) is 11.7. The topological polar surface area (TPSA) is 46.2 Å². The van der Waals surface area contributed by atoms with Crippen molar-refractivity contribution in [3.05, 3.63) is 35.4 Å². The van der Waals surface area contributed by atoms with Gasteiger partial charge in [-0.05, 0) is 36.8 Å². The summed E-state index contributed by atoms with van der Waals surface area (Å²) in [7, 11) is 0. The van der Waals surface area contributed by atoms with Crippen molar-refractivity contribution in [1.29, 1.82) is 0 Å². The number of benzene rings is 1. The average molecular weight is 259 g/mol. The largest absolute Gasteiger partial charge is 0.385 e. The summed E-state index contributed by atoms with van der Waals surface area (Å²) >= 11 is 0. The van der Waals surface area contributed by atoms with Gasteiger partial charge in [0.25, 0.3) is 0 Å². The molecule has 2 heteroatoms. The summed E-state index contributed by atoms with van der Waals surface area (Å²) in [6.07, 6.45) is 9.00. The van der Waals surface area contributed by atoms with E-state index >= 15 is 0 Å². The Bertz CT molecular complexity index is 448. The van der Waals surface area contributed by atoms with E-state index in [4.69, 9.17) is 5.73 Å². The number of fused-ring (bicyclic) bond motifs is 1. The van der Waals surface area contributed by atoms with Crippen LogP contribution >= 0.6 is 0 Å². The Morgan fingerprint density at radius 2 is 1.68 bits per heavy atom. The van der Waals surface area contributed by atoms with Gasteiger partial charge in [0.05, 0.1) is 5.60 Å². The lowest BCUT2D eigenvalue weighted by Crippen LogP contribution is -2.49. The fourth-order valence-corrected chi connectivity index (χ4v) is 4.33. The van der Waals surface area contributed by atoms with Gasteiger partial charge >= 0.3 is 0 Å². The fraction of sp³-hybridized carbons (Fsp3) is 0.647. The van der Waals surface area contributed by atoms with Crippen LogP contribution in [0.4, 0.5) is 0 Å². The summed E-state index contributed by atoms with van der Waals surface area (Å²) in [5.41, 5.74) is 7.85. The van der Waals surface area contributed by atoms with E-state index in [-0.39, 0.29) is 5.41 Å². The normalized spacial score (nSPS) is 29.8. The summed E-state index contributed by atoms with van der Waals surface area (Å²) in [6.45, 7) is 0.609. The van der Waals surface area contributed by atoms with Crippen LogP contribution in [-0.2, 0) is 12.0 Å². The monoisotopic (exact) mass is 259 g/mol. The number of aryl methyl sites for hydroxylation is 1. The SMILES string of the molecule is NCC1(C2(O)CCc3ccccc32)CCCCCC1. The molecule has 2 aliphatic rings. The van der Waals surface area contributed by atoms with E-state index in [1.807, 2.05) is 0 Å². The standard InChI is InChI=1S/C17H25NO/c18-13-16(10-5-1-2-6-11-16)17(19)12-9-14-7-3-4-8-15(14)17/h3-4,7-8,19H,1-2,5-6,9-13,18H2. The molecule has 2 nitrogen and oxygen atoms in total. The second-order valence-corrected chi connectivity index (χ2v) is 6.42. The molecule has 1 aromatic rings. The minimum atomic E-state index is -0.692. The molecule has 0 bridgehead atoms. The minimum absolute atomic E-state index is 0.101. The van der Waals surface area contributed by atoms with Gasteiger partial charge in [-0.15, -0.1) is 0 Å². The Kier molecular flexibility index (Phi) is 3.40. The van der Waals surface area contributed by atoms with Crippen molar-refractivity contribution in [3.8, 4) is 0 Å². The third-order valence-corrected chi connectivity index (χ3v) is 5.55. The first kappa shape index (κ1) is 13.1. The van der Waals surface area contributed by atoms with Crippen LogP contribution in [0.1, 0.15) is 56.1 Å². The zero-order valence-electron chi connectivity index (χ0n) is 11.7. The number of hydrogen-bond acceptors (Lipinski definition) is 2. The summed E-state index contributed by atoms with van der Waals surface area (Å²) in [5, 5.41) is 11.5. The number of aliphatic hydroxyl groups is 1. The van der Waals surface area contributed by atoms with Crippen LogP contribution in [-0.4, -0.2) is 11.7 Å². The molecular weight excluding hydrogens is 234 g/mol. The lowest BCUT2D eigenvalue weighted by molar-refractivity contribution is -0.0949. The highest BCUT2D eigenvalue weighted by atomic mass is 16.3. The smallest absolute Gasteiger partial charge is 0.0970 e. The Morgan fingerprint density at radius 3 is 2.37 bits per heavy atom. The molecular formula is C17H25NO. The molecule has 0 heterocycles. The molecule has 0 amide bonds. The van der Waals surface area contributed by atoms with Gasteiger partial charge in [-0.2, -0.15) is 0 Å². The van der Waals surface area contributed by atoms with Gasteiger partial charge in [0.1, 0.15) is 0 Å². The van der Waals surface area contributed by atoms with E-state index < -0.39 is 5.60 Å². The van der Waals surface area contributed by atoms with Crippen molar-refractivity contribution in [2.75, 3.05) is 6.54 Å². The van der Waals surface area contributed by atoms with E-state index in [1.165, 1.54) is 31.2 Å². The molecule has 1 unspecified atom stereocenters. The van der Waals surface area contributed by atoms with Crippen LogP contribution in [0.15, 0.2) is 24.3 Å². The molecule has 0 aliphatic heterocycles. The van der Waals surface area contributed by atoms with E-state index in [1.54, 1.807) is 0 Å². The summed E-state index contributed by atoms with van der Waals surface area (Å²) in [5.74, 6) is 0. The van der Waals surface area contributed by atoms with Gasteiger partial charge in [-0.3, -0.25) is 0 Å². The predicted molar refractivity (Wildman–Crippen MR) is 77.8 cm³/mol. The first-order chi connectivity index (χ1) is 9.22.